The fourth-order valence-corrected chi connectivity index (χ4v) is 2.29. The van der Waals surface area contributed by atoms with Crippen molar-refractivity contribution in [2.45, 2.75) is 52.1 Å². The average Bonchev–Trinajstić information content (AvgIpc) is 2.34. The van der Waals surface area contributed by atoms with E-state index in [0.717, 1.165) is 25.7 Å². The van der Waals surface area contributed by atoms with Gasteiger partial charge < -0.3 is 10.1 Å². The van der Waals surface area contributed by atoms with E-state index >= 15 is 0 Å². The molecule has 19 heavy (non-hydrogen) atoms. The Kier molecular flexibility index (Phi) is 5.60. The number of hydroxylamine groups is 1. The summed E-state index contributed by atoms with van der Waals surface area (Å²) in [5.74, 6) is 0.733. The maximum atomic E-state index is 11.5. The SMILES string of the molecule is CC(C)(C)OC(=O)NC[C@H]1CC[C@@H](C(=N)NO)CC1. The highest BCUT2D eigenvalue weighted by atomic mass is 16.6. The summed E-state index contributed by atoms with van der Waals surface area (Å²) in [6, 6.07) is 0. The summed E-state index contributed by atoms with van der Waals surface area (Å²) in [6.07, 6.45) is 3.26. The molecule has 0 unspecified atom stereocenters. The molecule has 1 rings (SSSR count). The first-order valence-corrected chi connectivity index (χ1v) is 6.77. The third-order valence-electron chi connectivity index (χ3n) is 3.31. The van der Waals surface area contributed by atoms with Crippen molar-refractivity contribution >= 4 is 11.9 Å². The highest BCUT2D eigenvalue weighted by Crippen LogP contribution is 2.28. The second-order valence-electron chi connectivity index (χ2n) is 6.13. The molecule has 1 amide bonds. The molecule has 4 N–H and O–H groups in total. The van der Waals surface area contributed by atoms with Crippen LogP contribution >= 0.6 is 0 Å². The maximum Gasteiger partial charge on any atom is 0.407 e. The normalized spacial score (nSPS) is 23.6. The van der Waals surface area contributed by atoms with E-state index in [1.165, 1.54) is 0 Å². The van der Waals surface area contributed by atoms with Gasteiger partial charge in [-0.25, -0.2) is 4.79 Å². The van der Waals surface area contributed by atoms with Crippen molar-refractivity contribution in [3.8, 4) is 0 Å². The van der Waals surface area contributed by atoms with Gasteiger partial charge in [0.1, 0.15) is 11.4 Å². The van der Waals surface area contributed by atoms with Gasteiger partial charge in [-0.2, -0.15) is 0 Å². The van der Waals surface area contributed by atoms with Crippen LogP contribution in [0.5, 0.6) is 0 Å². The summed E-state index contributed by atoms with van der Waals surface area (Å²) in [7, 11) is 0. The van der Waals surface area contributed by atoms with Crippen molar-refractivity contribution in [1.29, 1.82) is 5.41 Å². The van der Waals surface area contributed by atoms with Crippen LogP contribution in [0.2, 0.25) is 0 Å². The molecule has 0 saturated heterocycles. The third-order valence-corrected chi connectivity index (χ3v) is 3.31. The van der Waals surface area contributed by atoms with E-state index in [0.29, 0.717) is 12.5 Å². The number of amides is 1. The van der Waals surface area contributed by atoms with Crippen LogP contribution in [-0.4, -0.2) is 29.3 Å². The fraction of sp³-hybridized carbons (Fsp3) is 0.846. The van der Waals surface area contributed by atoms with Gasteiger partial charge in [-0.3, -0.25) is 16.1 Å². The number of carbonyl (C=O) groups is 1. The van der Waals surface area contributed by atoms with Crippen LogP contribution in [0.15, 0.2) is 0 Å². The maximum absolute atomic E-state index is 11.5. The van der Waals surface area contributed by atoms with Crippen LogP contribution in [0.3, 0.4) is 0 Å². The van der Waals surface area contributed by atoms with Gasteiger partial charge >= 0.3 is 6.09 Å². The summed E-state index contributed by atoms with van der Waals surface area (Å²) in [5.41, 5.74) is 1.45. The summed E-state index contributed by atoms with van der Waals surface area (Å²) in [4.78, 5) is 11.5. The van der Waals surface area contributed by atoms with Crippen molar-refractivity contribution in [1.82, 2.24) is 10.8 Å². The summed E-state index contributed by atoms with van der Waals surface area (Å²) >= 11 is 0. The van der Waals surface area contributed by atoms with E-state index in [4.69, 9.17) is 15.4 Å². The second-order valence-corrected chi connectivity index (χ2v) is 6.13. The topological polar surface area (TPSA) is 94.4 Å². The molecule has 1 aliphatic carbocycles. The van der Waals surface area contributed by atoms with Gasteiger partial charge in [0.25, 0.3) is 0 Å². The first kappa shape index (κ1) is 15.8. The van der Waals surface area contributed by atoms with Gasteiger partial charge in [0.15, 0.2) is 0 Å². The van der Waals surface area contributed by atoms with Crippen LogP contribution in [0.4, 0.5) is 4.79 Å². The molecule has 0 bridgehead atoms. The minimum atomic E-state index is -0.469. The monoisotopic (exact) mass is 271 g/mol. The van der Waals surface area contributed by atoms with Crippen LogP contribution in [0.25, 0.3) is 0 Å². The molecule has 0 aromatic carbocycles. The van der Waals surface area contributed by atoms with Crippen LogP contribution < -0.4 is 10.8 Å². The summed E-state index contributed by atoms with van der Waals surface area (Å²) in [6.45, 7) is 6.13. The average molecular weight is 271 g/mol. The Morgan fingerprint density at radius 2 is 1.89 bits per heavy atom. The van der Waals surface area contributed by atoms with Crippen LogP contribution in [-0.2, 0) is 4.74 Å². The standard InChI is InChI=1S/C13H25N3O3/c1-13(2,3)19-12(17)15-8-9-4-6-10(7-5-9)11(14)16-18/h9-10,18H,4-8H2,1-3H3,(H2,14,16)(H,15,17)/t9-,10+. The van der Waals surface area contributed by atoms with E-state index < -0.39 is 5.60 Å². The lowest BCUT2D eigenvalue weighted by Gasteiger charge is -2.28. The Morgan fingerprint density at radius 1 is 1.32 bits per heavy atom. The number of hydrogen-bond acceptors (Lipinski definition) is 4. The zero-order valence-electron chi connectivity index (χ0n) is 12.0. The molecule has 0 aliphatic heterocycles. The van der Waals surface area contributed by atoms with E-state index in [1.54, 1.807) is 0 Å². The summed E-state index contributed by atoms with van der Waals surface area (Å²) < 4.78 is 5.18. The minimum absolute atomic E-state index is 0.114. The molecule has 110 valence electrons. The minimum Gasteiger partial charge on any atom is -0.444 e. The number of hydrogen-bond donors (Lipinski definition) is 4. The number of carbonyl (C=O) groups excluding carboxylic acids is 1. The van der Waals surface area contributed by atoms with Crippen molar-refractivity contribution in [2.75, 3.05) is 6.54 Å². The first-order valence-electron chi connectivity index (χ1n) is 6.77. The van der Waals surface area contributed by atoms with Crippen molar-refractivity contribution in [3.63, 3.8) is 0 Å². The molecule has 0 heterocycles. The van der Waals surface area contributed by atoms with Gasteiger partial charge in [0.2, 0.25) is 0 Å². The number of alkyl carbamates (subject to hydrolysis) is 1. The fourth-order valence-electron chi connectivity index (χ4n) is 2.29. The molecule has 0 aromatic rings. The molecular weight excluding hydrogens is 246 g/mol. The predicted molar refractivity (Wildman–Crippen MR) is 72.3 cm³/mol. The third kappa shape index (κ3) is 5.92. The molecule has 0 spiro atoms. The van der Waals surface area contributed by atoms with E-state index in [-0.39, 0.29) is 17.8 Å². The molecule has 0 radical (unpaired) electrons. The smallest absolute Gasteiger partial charge is 0.407 e. The zero-order valence-corrected chi connectivity index (χ0v) is 12.0. The number of rotatable bonds is 3. The van der Waals surface area contributed by atoms with Gasteiger partial charge in [0.05, 0.1) is 0 Å². The Balaban J connectivity index is 2.23. The van der Waals surface area contributed by atoms with Crippen molar-refractivity contribution in [3.05, 3.63) is 0 Å². The van der Waals surface area contributed by atoms with E-state index in [9.17, 15) is 4.79 Å². The quantitative estimate of drug-likeness (QED) is 0.360. The van der Waals surface area contributed by atoms with E-state index in [2.05, 4.69) is 5.32 Å². The Morgan fingerprint density at radius 3 is 2.37 bits per heavy atom. The zero-order chi connectivity index (χ0) is 14.5. The van der Waals surface area contributed by atoms with Gasteiger partial charge in [-0.15, -0.1) is 0 Å². The molecule has 6 nitrogen and oxygen atoms in total. The molecule has 0 aromatic heterocycles. The van der Waals surface area contributed by atoms with Gasteiger partial charge in [0, 0.05) is 12.5 Å². The molecular formula is C13H25N3O3. The lowest BCUT2D eigenvalue weighted by Crippen LogP contribution is -2.37. The Hall–Kier alpha value is -1.30. The van der Waals surface area contributed by atoms with Crippen LogP contribution in [0.1, 0.15) is 46.5 Å². The Bertz CT molecular complexity index is 318. The van der Waals surface area contributed by atoms with Crippen molar-refractivity contribution < 1.29 is 14.7 Å². The number of ether oxygens (including phenoxy) is 1. The molecule has 6 heteroatoms. The second kappa shape index (κ2) is 6.75. The van der Waals surface area contributed by atoms with Gasteiger partial charge in [-0.1, -0.05) is 0 Å². The first-order chi connectivity index (χ1) is 8.81. The Labute approximate surface area is 114 Å². The van der Waals surface area contributed by atoms with Crippen molar-refractivity contribution in [2.24, 2.45) is 11.8 Å². The summed E-state index contributed by atoms with van der Waals surface area (Å²) in [5, 5.41) is 19.0. The highest BCUT2D eigenvalue weighted by molar-refractivity contribution is 5.80. The van der Waals surface area contributed by atoms with Gasteiger partial charge in [-0.05, 0) is 52.4 Å². The number of nitrogens with one attached hydrogen (secondary N) is 3. The lowest BCUT2D eigenvalue weighted by atomic mass is 9.81. The van der Waals surface area contributed by atoms with Crippen LogP contribution in [0, 0.1) is 17.2 Å². The van der Waals surface area contributed by atoms with E-state index in [1.807, 2.05) is 26.3 Å². The molecule has 1 saturated carbocycles. The molecule has 1 fully saturated rings. The number of amidine groups is 1. The lowest BCUT2D eigenvalue weighted by molar-refractivity contribution is 0.0514. The highest BCUT2D eigenvalue weighted by Gasteiger charge is 2.25. The molecule has 1 aliphatic rings. The predicted octanol–water partition coefficient (Wildman–Crippen LogP) is 2.27. The molecule has 0 atom stereocenters. The largest absolute Gasteiger partial charge is 0.444 e.